The minimum absolute atomic E-state index is 0.107. The van der Waals surface area contributed by atoms with Gasteiger partial charge in [0.15, 0.2) is 0 Å². The van der Waals surface area contributed by atoms with Gasteiger partial charge in [-0.3, -0.25) is 0 Å². The first kappa shape index (κ1) is 13.0. The maximum absolute atomic E-state index is 13.0. The molecule has 1 atom stereocenters. The maximum atomic E-state index is 13.0. The largest absolute Gasteiger partial charge is 0.207 e. The van der Waals surface area contributed by atoms with E-state index in [4.69, 9.17) is 0 Å². The SMILES string of the molecule is Cc1ccc(C(Br)c2ccc(F)cc2I)cc1. The number of hydrogen-bond acceptors (Lipinski definition) is 0. The summed E-state index contributed by atoms with van der Waals surface area (Å²) < 4.78 is 14.0. The van der Waals surface area contributed by atoms with E-state index >= 15 is 0 Å². The highest BCUT2D eigenvalue weighted by Gasteiger charge is 2.13. The van der Waals surface area contributed by atoms with Gasteiger partial charge in [-0.15, -0.1) is 0 Å². The summed E-state index contributed by atoms with van der Waals surface area (Å²) in [5.74, 6) is -0.193. The predicted octanol–water partition coefficient (Wildman–Crippen LogP) is 5.22. The first-order chi connectivity index (χ1) is 8.08. The fourth-order valence-corrected chi connectivity index (χ4v) is 3.54. The summed E-state index contributed by atoms with van der Waals surface area (Å²) in [6, 6.07) is 13.2. The molecule has 0 fully saturated rings. The second kappa shape index (κ2) is 5.48. The molecule has 17 heavy (non-hydrogen) atoms. The number of hydrogen-bond donors (Lipinski definition) is 0. The summed E-state index contributed by atoms with van der Waals surface area (Å²) in [6.45, 7) is 2.06. The molecule has 0 aliphatic carbocycles. The Hall–Kier alpha value is -0.420. The molecular formula is C14H11BrFI. The summed E-state index contributed by atoms with van der Waals surface area (Å²) in [6.07, 6.45) is 0. The van der Waals surface area contributed by atoms with Crippen molar-refractivity contribution in [1.82, 2.24) is 0 Å². The third kappa shape index (κ3) is 3.07. The Morgan fingerprint density at radius 1 is 1.12 bits per heavy atom. The average Bonchev–Trinajstić information content (AvgIpc) is 2.29. The van der Waals surface area contributed by atoms with E-state index in [0.29, 0.717) is 0 Å². The van der Waals surface area contributed by atoms with Crippen LogP contribution in [-0.2, 0) is 0 Å². The van der Waals surface area contributed by atoms with Gasteiger partial charge in [-0.25, -0.2) is 4.39 Å². The van der Waals surface area contributed by atoms with Crippen LogP contribution in [0.2, 0.25) is 0 Å². The van der Waals surface area contributed by atoms with Crippen LogP contribution in [0, 0.1) is 16.3 Å². The first-order valence-electron chi connectivity index (χ1n) is 5.23. The third-order valence-corrected chi connectivity index (χ3v) is 4.56. The van der Waals surface area contributed by atoms with Crippen molar-refractivity contribution in [3.05, 3.63) is 68.5 Å². The number of aryl methyl sites for hydroxylation is 1. The number of benzene rings is 2. The van der Waals surface area contributed by atoms with E-state index < -0.39 is 0 Å². The number of halogens is 3. The average molecular weight is 405 g/mol. The Morgan fingerprint density at radius 2 is 1.76 bits per heavy atom. The molecule has 0 nitrogen and oxygen atoms in total. The lowest BCUT2D eigenvalue weighted by Crippen LogP contribution is -1.96. The molecule has 1 unspecified atom stereocenters. The lowest BCUT2D eigenvalue weighted by molar-refractivity contribution is 0.626. The van der Waals surface area contributed by atoms with Crippen molar-refractivity contribution < 1.29 is 4.39 Å². The normalized spacial score (nSPS) is 12.5. The molecule has 2 aromatic carbocycles. The van der Waals surface area contributed by atoms with E-state index in [9.17, 15) is 4.39 Å². The highest BCUT2D eigenvalue weighted by atomic mass is 127. The minimum Gasteiger partial charge on any atom is -0.207 e. The highest BCUT2D eigenvalue weighted by molar-refractivity contribution is 14.1. The molecule has 0 heterocycles. The molecule has 2 rings (SSSR count). The van der Waals surface area contributed by atoms with Crippen molar-refractivity contribution in [2.24, 2.45) is 0 Å². The topological polar surface area (TPSA) is 0 Å². The second-order valence-corrected chi connectivity index (χ2v) is 6.02. The molecule has 0 amide bonds. The van der Waals surface area contributed by atoms with Gasteiger partial charge in [-0.05, 0) is 52.8 Å². The van der Waals surface area contributed by atoms with Gasteiger partial charge in [0, 0.05) is 3.57 Å². The Labute approximate surface area is 123 Å². The summed E-state index contributed by atoms with van der Waals surface area (Å²) in [7, 11) is 0. The second-order valence-electron chi connectivity index (χ2n) is 3.94. The zero-order chi connectivity index (χ0) is 12.4. The molecule has 0 aromatic heterocycles. The third-order valence-electron chi connectivity index (χ3n) is 2.61. The quantitative estimate of drug-likeness (QED) is 0.475. The van der Waals surface area contributed by atoms with Crippen molar-refractivity contribution in [3.63, 3.8) is 0 Å². The van der Waals surface area contributed by atoms with E-state index in [2.05, 4.69) is 69.7 Å². The molecule has 0 aliphatic rings. The Balaban J connectivity index is 2.36. The molecular weight excluding hydrogens is 394 g/mol. The molecule has 0 N–H and O–H groups in total. The Bertz CT molecular complexity index is 522. The summed E-state index contributed by atoms with van der Waals surface area (Å²) in [5.41, 5.74) is 3.51. The number of rotatable bonds is 2. The lowest BCUT2D eigenvalue weighted by Gasteiger charge is -2.13. The van der Waals surface area contributed by atoms with Crippen LogP contribution in [0.4, 0.5) is 4.39 Å². The summed E-state index contributed by atoms with van der Waals surface area (Å²) in [4.78, 5) is 0.107. The van der Waals surface area contributed by atoms with Crippen molar-refractivity contribution >= 4 is 38.5 Å². The predicted molar refractivity (Wildman–Crippen MR) is 81.1 cm³/mol. The highest BCUT2D eigenvalue weighted by Crippen LogP contribution is 2.33. The van der Waals surface area contributed by atoms with Crippen LogP contribution in [0.1, 0.15) is 21.5 Å². The zero-order valence-electron chi connectivity index (χ0n) is 9.25. The molecule has 0 spiro atoms. The summed E-state index contributed by atoms with van der Waals surface area (Å²) in [5, 5.41) is 0. The minimum atomic E-state index is -0.193. The maximum Gasteiger partial charge on any atom is 0.124 e. The zero-order valence-corrected chi connectivity index (χ0v) is 13.0. The molecule has 3 heteroatoms. The van der Waals surface area contributed by atoms with E-state index in [1.54, 1.807) is 6.07 Å². The summed E-state index contributed by atoms with van der Waals surface area (Å²) >= 11 is 5.83. The Kier molecular flexibility index (Phi) is 4.20. The van der Waals surface area contributed by atoms with Crippen molar-refractivity contribution in [1.29, 1.82) is 0 Å². The molecule has 0 radical (unpaired) electrons. The van der Waals surface area contributed by atoms with Gasteiger partial charge in [-0.1, -0.05) is 51.8 Å². The molecule has 0 saturated carbocycles. The van der Waals surface area contributed by atoms with Gasteiger partial charge in [0.05, 0.1) is 4.83 Å². The fourth-order valence-electron chi connectivity index (χ4n) is 1.62. The van der Waals surface area contributed by atoms with Gasteiger partial charge in [0.1, 0.15) is 5.82 Å². The van der Waals surface area contributed by atoms with Gasteiger partial charge in [0.25, 0.3) is 0 Å². The molecule has 2 aromatic rings. The molecule has 0 aliphatic heterocycles. The van der Waals surface area contributed by atoms with Crippen LogP contribution in [-0.4, -0.2) is 0 Å². The van der Waals surface area contributed by atoms with E-state index in [0.717, 1.165) is 9.13 Å². The standard InChI is InChI=1S/C14H11BrFI/c1-9-2-4-10(5-3-9)14(15)12-7-6-11(16)8-13(12)17/h2-8,14H,1H3. The van der Waals surface area contributed by atoms with Crippen molar-refractivity contribution in [2.45, 2.75) is 11.8 Å². The number of alkyl halides is 1. The monoisotopic (exact) mass is 404 g/mol. The van der Waals surface area contributed by atoms with E-state index in [-0.39, 0.29) is 10.6 Å². The van der Waals surface area contributed by atoms with Crippen LogP contribution in [0.25, 0.3) is 0 Å². The van der Waals surface area contributed by atoms with Crippen LogP contribution in [0.3, 0.4) is 0 Å². The van der Waals surface area contributed by atoms with Gasteiger partial charge in [0.2, 0.25) is 0 Å². The first-order valence-corrected chi connectivity index (χ1v) is 7.23. The van der Waals surface area contributed by atoms with Gasteiger partial charge in [-0.2, -0.15) is 0 Å². The smallest absolute Gasteiger partial charge is 0.124 e. The van der Waals surface area contributed by atoms with E-state index in [1.165, 1.54) is 17.2 Å². The van der Waals surface area contributed by atoms with Gasteiger partial charge >= 0.3 is 0 Å². The van der Waals surface area contributed by atoms with Crippen LogP contribution in [0.5, 0.6) is 0 Å². The van der Waals surface area contributed by atoms with Crippen molar-refractivity contribution in [2.75, 3.05) is 0 Å². The molecule has 88 valence electrons. The Morgan fingerprint density at radius 3 is 2.35 bits per heavy atom. The molecule has 0 bridgehead atoms. The van der Waals surface area contributed by atoms with Crippen LogP contribution < -0.4 is 0 Å². The van der Waals surface area contributed by atoms with E-state index in [1.807, 2.05) is 6.07 Å². The van der Waals surface area contributed by atoms with Crippen molar-refractivity contribution in [3.8, 4) is 0 Å². The van der Waals surface area contributed by atoms with Gasteiger partial charge < -0.3 is 0 Å². The lowest BCUT2D eigenvalue weighted by atomic mass is 10.0. The fraction of sp³-hybridized carbons (Fsp3) is 0.143. The molecule has 0 saturated heterocycles. The van der Waals surface area contributed by atoms with Crippen LogP contribution >= 0.6 is 38.5 Å². The van der Waals surface area contributed by atoms with Crippen LogP contribution in [0.15, 0.2) is 42.5 Å².